The van der Waals surface area contributed by atoms with Gasteiger partial charge in [0.15, 0.2) is 9.84 Å². The van der Waals surface area contributed by atoms with Crippen LogP contribution in [0.25, 0.3) is 0 Å². The van der Waals surface area contributed by atoms with Gasteiger partial charge in [0.1, 0.15) is 0 Å². The number of carbonyl (C=O) groups is 1. The van der Waals surface area contributed by atoms with Gasteiger partial charge >= 0.3 is 6.03 Å². The van der Waals surface area contributed by atoms with Crippen LogP contribution in [0.1, 0.15) is 13.3 Å². The van der Waals surface area contributed by atoms with Crippen LogP contribution in [0.4, 0.5) is 10.5 Å². The zero-order valence-corrected chi connectivity index (χ0v) is 11.5. The van der Waals surface area contributed by atoms with Crippen molar-refractivity contribution in [3.8, 4) is 0 Å². The highest BCUT2D eigenvalue weighted by atomic mass is 32.2. The van der Waals surface area contributed by atoms with E-state index in [1.165, 1.54) is 0 Å². The van der Waals surface area contributed by atoms with Crippen molar-refractivity contribution in [1.82, 2.24) is 10.7 Å². The summed E-state index contributed by atoms with van der Waals surface area (Å²) in [6, 6.07) is 8.72. The Morgan fingerprint density at radius 3 is 2.53 bits per heavy atom. The van der Waals surface area contributed by atoms with Crippen LogP contribution in [0.2, 0.25) is 0 Å². The van der Waals surface area contributed by atoms with E-state index in [1.54, 1.807) is 6.92 Å². The predicted octanol–water partition coefficient (Wildman–Crippen LogP) is 0.890. The lowest BCUT2D eigenvalue weighted by atomic mass is 10.0. The van der Waals surface area contributed by atoms with E-state index in [0.717, 1.165) is 5.69 Å². The molecule has 0 saturated carbocycles. The van der Waals surface area contributed by atoms with Crippen LogP contribution in [-0.4, -0.2) is 31.5 Å². The molecule has 1 saturated heterocycles. The molecule has 1 aliphatic rings. The number of anilines is 1. The summed E-state index contributed by atoms with van der Waals surface area (Å²) in [6.07, 6.45) is 0.439. The summed E-state index contributed by atoms with van der Waals surface area (Å²) in [5.41, 5.74) is 5.29. The Morgan fingerprint density at radius 1 is 1.26 bits per heavy atom. The smallest absolute Gasteiger partial charge is 0.331 e. The summed E-state index contributed by atoms with van der Waals surface area (Å²) >= 11 is 0. The molecule has 0 spiro atoms. The van der Waals surface area contributed by atoms with Gasteiger partial charge in [-0.2, -0.15) is 0 Å². The Morgan fingerprint density at radius 2 is 1.95 bits per heavy atom. The third kappa shape index (κ3) is 3.85. The van der Waals surface area contributed by atoms with E-state index in [2.05, 4.69) is 16.2 Å². The molecule has 2 rings (SSSR count). The molecule has 1 atom stereocenters. The molecule has 1 aromatic carbocycles. The molecule has 3 N–H and O–H groups in total. The number of carbonyl (C=O) groups excluding carboxylic acids is 1. The van der Waals surface area contributed by atoms with Gasteiger partial charge < -0.3 is 5.32 Å². The molecular weight excluding hydrogens is 266 g/mol. The Bertz CT molecular complexity index is 559. The third-order valence-electron chi connectivity index (χ3n) is 3.01. The van der Waals surface area contributed by atoms with Crippen LogP contribution in [0.15, 0.2) is 30.3 Å². The van der Waals surface area contributed by atoms with Crippen LogP contribution in [0.5, 0.6) is 0 Å². The largest absolute Gasteiger partial charge is 0.333 e. The van der Waals surface area contributed by atoms with Crippen LogP contribution in [-0.2, 0) is 9.84 Å². The molecule has 0 bridgehead atoms. The Hall–Kier alpha value is -1.76. The summed E-state index contributed by atoms with van der Waals surface area (Å²) in [5, 5.41) is 2.69. The molecule has 6 nitrogen and oxygen atoms in total. The summed E-state index contributed by atoms with van der Waals surface area (Å²) in [6.45, 7) is 1.74. The number of urea groups is 1. The third-order valence-corrected chi connectivity index (χ3v) is 4.92. The van der Waals surface area contributed by atoms with E-state index in [-0.39, 0.29) is 11.5 Å². The summed E-state index contributed by atoms with van der Waals surface area (Å²) in [7, 11) is -3.03. The minimum absolute atomic E-state index is 0.0151. The number of nitrogens with one attached hydrogen (secondary N) is 3. The number of rotatable bonds is 3. The highest BCUT2D eigenvalue weighted by Crippen LogP contribution is 2.22. The molecule has 0 radical (unpaired) electrons. The van der Waals surface area contributed by atoms with Gasteiger partial charge in [0.05, 0.1) is 22.7 Å². The molecule has 1 heterocycles. The Kier molecular flexibility index (Phi) is 3.66. The predicted molar refractivity (Wildman–Crippen MR) is 73.4 cm³/mol. The molecule has 0 aromatic heterocycles. The SMILES string of the molecule is CC1(NC(=O)NNc2ccccc2)CCS(=O)(=O)C1. The zero-order chi connectivity index (χ0) is 13.9. The van der Waals surface area contributed by atoms with E-state index in [9.17, 15) is 13.2 Å². The highest BCUT2D eigenvalue weighted by Gasteiger charge is 2.39. The van der Waals surface area contributed by atoms with Crippen molar-refractivity contribution < 1.29 is 13.2 Å². The first-order valence-corrected chi connectivity index (χ1v) is 7.80. The summed E-state index contributed by atoms with van der Waals surface area (Å²) < 4.78 is 22.8. The molecule has 2 amide bonds. The summed E-state index contributed by atoms with van der Waals surface area (Å²) in [5.74, 6) is 0.106. The van der Waals surface area contributed by atoms with Crippen LogP contribution in [0, 0.1) is 0 Å². The zero-order valence-electron chi connectivity index (χ0n) is 10.6. The van der Waals surface area contributed by atoms with Crippen molar-refractivity contribution in [3.05, 3.63) is 30.3 Å². The van der Waals surface area contributed by atoms with Gasteiger partial charge in [0, 0.05) is 0 Å². The number of benzene rings is 1. The number of hydrogen-bond donors (Lipinski definition) is 3. The van der Waals surface area contributed by atoms with E-state index in [4.69, 9.17) is 0 Å². The number of sulfone groups is 1. The van der Waals surface area contributed by atoms with Crippen molar-refractivity contribution in [2.24, 2.45) is 0 Å². The summed E-state index contributed by atoms with van der Waals surface area (Å²) in [4.78, 5) is 11.7. The molecule has 7 heteroatoms. The molecule has 1 aliphatic heterocycles. The maximum Gasteiger partial charge on any atom is 0.333 e. The molecule has 1 fully saturated rings. The van der Waals surface area contributed by atoms with E-state index in [0.29, 0.717) is 6.42 Å². The minimum Gasteiger partial charge on any atom is -0.331 e. The maximum atomic E-state index is 11.7. The fraction of sp³-hybridized carbons (Fsp3) is 0.417. The molecule has 19 heavy (non-hydrogen) atoms. The molecule has 104 valence electrons. The highest BCUT2D eigenvalue weighted by molar-refractivity contribution is 7.91. The van der Waals surface area contributed by atoms with Crippen LogP contribution in [0.3, 0.4) is 0 Å². The minimum atomic E-state index is -3.03. The van der Waals surface area contributed by atoms with E-state index < -0.39 is 21.4 Å². The van der Waals surface area contributed by atoms with Crippen molar-refractivity contribution in [2.45, 2.75) is 18.9 Å². The fourth-order valence-corrected chi connectivity index (χ4v) is 4.16. The fourth-order valence-electron chi connectivity index (χ4n) is 2.06. The van der Waals surface area contributed by atoms with Gasteiger partial charge in [0.2, 0.25) is 0 Å². The quantitative estimate of drug-likeness (QED) is 0.719. The van der Waals surface area contributed by atoms with E-state index >= 15 is 0 Å². The molecule has 1 unspecified atom stereocenters. The van der Waals surface area contributed by atoms with Crippen molar-refractivity contribution >= 4 is 21.6 Å². The number of hydrogen-bond acceptors (Lipinski definition) is 4. The second kappa shape index (κ2) is 5.08. The standard InChI is InChI=1S/C12H17N3O3S/c1-12(7-8-19(17,18)9-12)13-11(16)15-14-10-5-3-2-4-6-10/h2-6,14H,7-9H2,1H3,(H2,13,15,16). The van der Waals surface area contributed by atoms with Crippen LogP contribution >= 0.6 is 0 Å². The van der Waals surface area contributed by atoms with Crippen molar-refractivity contribution in [2.75, 3.05) is 16.9 Å². The number of para-hydroxylation sites is 1. The van der Waals surface area contributed by atoms with Crippen LogP contribution < -0.4 is 16.2 Å². The van der Waals surface area contributed by atoms with Gasteiger partial charge in [0.25, 0.3) is 0 Å². The monoisotopic (exact) mass is 283 g/mol. The first kappa shape index (κ1) is 13.7. The lowest BCUT2D eigenvalue weighted by Gasteiger charge is -2.24. The Balaban J connectivity index is 1.85. The number of amides is 2. The van der Waals surface area contributed by atoms with Gasteiger partial charge in [-0.15, -0.1) is 0 Å². The first-order chi connectivity index (χ1) is 8.89. The van der Waals surface area contributed by atoms with Crippen molar-refractivity contribution in [3.63, 3.8) is 0 Å². The second-order valence-corrected chi connectivity index (χ2v) is 7.16. The average Bonchev–Trinajstić information content (AvgIpc) is 2.62. The van der Waals surface area contributed by atoms with Gasteiger partial charge in [-0.25, -0.2) is 13.2 Å². The molecular formula is C12H17N3O3S. The van der Waals surface area contributed by atoms with Gasteiger partial charge in [-0.05, 0) is 25.5 Å². The number of hydrazine groups is 1. The first-order valence-electron chi connectivity index (χ1n) is 5.98. The lowest BCUT2D eigenvalue weighted by molar-refractivity contribution is 0.232. The topological polar surface area (TPSA) is 87.3 Å². The van der Waals surface area contributed by atoms with Gasteiger partial charge in [-0.1, -0.05) is 18.2 Å². The van der Waals surface area contributed by atoms with E-state index in [1.807, 2.05) is 30.3 Å². The maximum absolute atomic E-state index is 11.7. The normalized spacial score (nSPS) is 24.7. The van der Waals surface area contributed by atoms with Gasteiger partial charge in [-0.3, -0.25) is 10.9 Å². The molecule has 1 aromatic rings. The second-order valence-electron chi connectivity index (χ2n) is 4.97. The van der Waals surface area contributed by atoms with Crippen molar-refractivity contribution in [1.29, 1.82) is 0 Å². The lowest BCUT2D eigenvalue weighted by Crippen LogP contribution is -2.52. The average molecular weight is 283 g/mol. The Labute approximate surface area is 112 Å². The molecule has 0 aliphatic carbocycles.